The molecule has 1 heterocycles. The summed E-state index contributed by atoms with van der Waals surface area (Å²) in [6.07, 6.45) is 9.18. The quantitative estimate of drug-likeness (QED) is 0.521. The zero-order chi connectivity index (χ0) is 15.9. The Morgan fingerprint density at radius 2 is 1.95 bits per heavy atom. The highest BCUT2D eigenvalue weighted by atomic mass is 16.6. The lowest BCUT2D eigenvalue weighted by Gasteiger charge is -2.21. The van der Waals surface area contributed by atoms with E-state index < -0.39 is 10.9 Å². The number of ether oxygens (including phenoxy) is 1. The third kappa shape index (κ3) is 4.16. The average Bonchev–Trinajstić information content (AvgIpc) is 2.49. The van der Waals surface area contributed by atoms with Crippen molar-refractivity contribution < 1.29 is 14.5 Å². The van der Waals surface area contributed by atoms with Crippen molar-refractivity contribution in [1.29, 1.82) is 0 Å². The summed E-state index contributed by atoms with van der Waals surface area (Å²) in [6.45, 7) is 0. The van der Waals surface area contributed by atoms with Gasteiger partial charge in [0.2, 0.25) is 5.82 Å². The molecule has 1 saturated carbocycles. The molecular weight excluding hydrogens is 286 g/mol. The number of aromatic nitrogens is 1. The van der Waals surface area contributed by atoms with E-state index in [0.29, 0.717) is 0 Å². The second-order valence-electron chi connectivity index (χ2n) is 5.53. The van der Waals surface area contributed by atoms with E-state index in [0.717, 1.165) is 25.7 Å². The molecule has 0 saturated heterocycles. The predicted octanol–water partition coefficient (Wildman–Crippen LogP) is 3.30. The molecule has 0 radical (unpaired) electrons. The lowest BCUT2D eigenvalue weighted by Crippen LogP contribution is -2.22. The fourth-order valence-corrected chi connectivity index (χ4v) is 2.73. The maximum atomic E-state index is 11.5. The van der Waals surface area contributed by atoms with E-state index in [1.54, 1.807) is 0 Å². The zero-order valence-corrected chi connectivity index (χ0v) is 12.7. The minimum Gasteiger partial charge on any atom is -0.465 e. The van der Waals surface area contributed by atoms with Gasteiger partial charge in [0.1, 0.15) is 0 Å². The van der Waals surface area contributed by atoms with Crippen LogP contribution >= 0.6 is 0 Å². The van der Waals surface area contributed by atoms with Gasteiger partial charge in [-0.15, -0.1) is 0 Å². The summed E-state index contributed by atoms with van der Waals surface area (Å²) in [7, 11) is 1.23. The second-order valence-corrected chi connectivity index (χ2v) is 5.53. The van der Waals surface area contributed by atoms with Crippen LogP contribution in [0.4, 0.5) is 11.5 Å². The number of anilines is 1. The van der Waals surface area contributed by atoms with Crippen molar-refractivity contribution in [3.63, 3.8) is 0 Å². The van der Waals surface area contributed by atoms with Crippen molar-refractivity contribution in [2.24, 2.45) is 0 Å². The molecule has 0 atom stereocenters. The first-order valence-electron chi connectivity index (χ1n) is 7.61. The van der Waals surface area contributed by atoms with Crippen LogP contribution in [-0.4, -0.2) is 29.0 Å². The van der Waals surface area contributed by atoms with E-state index >= 15 is 0 Å². The maximum absolute atomic E-state index is 11.5. The lowest BCUT2D eigenvalue weighted by molar-refractivity contribution is -0.384. The number of hydrogen-bond donors (Lipinski definition) is 1. The normalized spacial score (nSPS) is 16.4. The Morgan fingerprint density at radius 1 is 1.32 bits per heavy atom. The molecular formula is C15H21N3O4. The van der Waals surface area contributed by atoms with Gasteiger partial charge in [0, 0.05) is 18.3 Å². The van der Waals surface area contributed by atoms with Crippen molar-refractivity contribution in [2.75, 3.05) is 12.4 Å². The van der Waals surface area contributed by atoms with E-state index in [-0.39, 0.29) is 23.1 Å². The van der Waals surface area contributed by atoms with Gasteiger partial charge >= 0.3 is 11.7 Å². The zero-order valence-electron chi connectivity index (χ0n) is 12.7. The monoisotopic (exact) mass is 307 g/mol. The Kier molecular flexibility index (Phi) is 5.68. The molecule has 120 valence electrons. The van der Waals surface area contributed by atoms with Gasteiger partial charge in [-0.25, -0.2) is 9.78 Å². The topological polar surface area (TPSA) is 94.4 Å². The van der Waals surface area contributed by atoms with Crippen LogP contribution in [0.3, 0.4) is 0 Å². The van der Waals surface area contributed by atoms with E-state index in [1.165, 1.54) is 38.6 Å². The molecule has 1 aliphatic carbocycles. The third-order valence-electron chi connectivity index (χ3n) is 3.93. The number of nitrogens with zero attached hydrogens (tertiary/aromatic N) is 2. The molecule has 0 bridgehead atoms. The Hall–Kier alpha value is -2.18. The standard InChI is InChI=1S/C15H21N3O4/c1-22-15(19)11-9-13(18(20)21)14(16-10-11)17-12-7-5-3-2-4-6-8-12/h9-10,12H,2-8H2,1H3,(H,16,17). The molecule has 1 N–H and O–H groups in total. The van der Waals surface area contributed by atoms with Gasteiger partial charge in [-0.2, -0.15) is 0 Å². The molecule has 0 aliphatic heterocycles. The first kappa shape index (κ1) is 16.2. The summed E-state index contributed by atoms with van der Waals surface area (Å²) >= 11 is 0. The summed E-state index contributed by atoms with van der Waals surface area (Å²) < 4.78 is 4.57. The molecule has 0 unspecified atom stereocenters. The number of pyridine rings is 1. The van der Waals surface area contributed by atoms with Gasteiger partial charge in [0.05, 0.1) is 17.6 Å². The van der Waals surface area contributed by atoms with Gasteiger partial charge in [0.25, 0.3) is 0 Å². The SMILES string of the molecule is COC(=O)c1cnc(NC2CCCCCCC2)c([N+](=O)[O-])c1. The van der Waals surface area contributed by atoms with Gasteiger partial charge < -0.3 is 10.1 Å². The van der Waals surface area contributed by atoms with Crippen molar-refractivity contribution in [1.82, 2.24) is 4.98 Å². The highest BCUT2D eigenvalue weighted by molar-refractivity contribution is 5.90. The Balaban J connectivity index is 2.18. The Bertz CT molecular complexity index is 540. The predicted molar refractivity (Wildman–Crippen MR) is 82.0 cm³/mol. The number of carbonyl (C=O) groups excluding carboxylic acids is 1. The molecule has 0 spiro atoms. The summed E-state index contributed by atoms with van der Waals surface area (Å²) in [5.74, 6) is -0.406. The van der Waals surface area contributed by atoms with Crippen LogP contribution in [0.1, 0.15) is 55.3 Å². The fourth-order valence-electron chi connectivity index (χ4n) is 2.73. The average molecular weight is 307 g/mol. The molecule has 0 aromatic carbocycles. The summed E-state index contributed by atoms with van der Waals surface area (Å²) in [5, 5.41) is 14.4. The number of rotatable bonds is 4. The first-order chi connectivity index (χ1) is 10.6. The lowest BCUT2D eigenvalue weighted by atomic mass is 9.97. The van der Waals surface area contributed by atoms with Crippen molar-refractivity contribution >= 4 is 17.5 Å². The number of hydrogen-bond acceptors (Lipinski definition) is 6. The van der Waals surface area contributed by atoms with Gasteiger partial charge in [0.15, 0.2) is 0 Å². The number of carbonyl (C=O) groups is 1. The van der Waals surface area contributed by atoms with Crippen molar-refractivity contribution in [3.8, 4) is 0 Å². The highest BCUT2D eigenvalue weighted by Crippen LogP contribution is 2.27. The molecule has 2 rings (SSSR count). The highest BCUT2D eigenvalue weighted by Gasteiger charge is 2.22. The van der Waals surface area contributed by atoms with Gasteiger partial charge in [-0.3, -0.25) is 10.1 Å². The smallest absolute Gasteiger partial charge is 0.339 e. The Labute approximate surface area is 129 Å². The van der Waals surface area contributed by atoms with Crippen LogP contribution in [0.5, 0.6) is 0 Å². The summed E-state index contributed by atoms with van der Waals surface area (Å²) in [6, 6.07) is 1.40. The van der Waals surface area contributed by atoms with E-state index in [4.69, 9.17) is 0 Å². The minimum absolute atomic E-state index is 0.0809. The number of nitrogens with one attached hydrogen (secondary N) is 1. The van der Waals surface area contributed by atoms with E-state index in [2.05, 4.69) is 15.0 Å². The van der Waals surface area contributed by atoms with Crippen LogP contribution < -0.4 is 5.32 Å². The minimum atomic E-state index is -0.631. The van der Waals surface area contributed by atoms with Gasteiger partial charge in [-0.1, -0.05) is 32.1 Å². The van der Waals surface area contributed by atoms with E-state index in [1.807, 2.05) is 0 Å². The maximum Gasteiger partial charge on any atom is 0.339 e. The molecule has 22 heavy (non-hydrogen) atoms. The van der Waals surface area contributed by atoms with Crippen LogP contribution in [0.15, 0.2) is 12.3 Å². The van der Waals surface area contributed by atoms with Crippen LogP contribution in [-0.2, 0) is 4.74 Å². The first-order valence-corrected chi connectivity index (χ1v) is 7.61. The van der Waals surface area contributed by atoms with Gasteiger partial charge in [-0.05, 0) is 12.8 Å². The van der Waals surface area contributed by atoms with E-state index in [9.17, 15) is 14.9 Å². The largest absolute Gasteiger partial charge is 0.465 e. The summed E-state index contributed by atoms with van der Waals surface area (Å²) in [4.78, 5) is 26.2. The molecule has 1 aromatic rings. The number of esters is 1. The molecule has 1 fully saturated rings. The van der Waals surface area contributed by atoms with Crippen molar-refractivity contribution in [3.05, 3.63) is 27.9 Å². The molecule has 1 aliphatic rings. The number of methoxy groups -OCH3 is 1. The van der Waals surface area contributed by atoms with Crippen molar-refractivity contribution in [2.45, 2.75) is 51.0 Å². The van der Waals surface area contributed by atoms with Crippen LogP contribution in [0.25, 0.3) is 0 Å². The fraction of sp³-hybridized carbons (Fsp3) is 0.600. The number of nitro groups is 1. The molecule has 7 heteroatoms. The van der Waals surface area contributed by atoms with Crippen LogP contribution in [0, 0.1) is 10.1 Å². The molecule has 7 nitrogen and oxygen atoms in total. The molecule has 1 aromatic heterocycles. The summed E-state index contributed by atoms with van der Waals surface area (Å²) in [5.41, 5.74) is -0.109. The Morgan fingerprint density at radius 3 is 2.55 bits per heavy atom. The molecule has 0 amide bonds. The second kappa shape index (κ2) is 7.72. The third-order valence-corrected chi connectivity index (χ3v) is 3.93. The van der Waals surface area contributed by atoms with Crippen LogP contribution in [0.2, 0.25) is 0 Å².